The van der Waals surface area contributed by atoms with Crippen molar-refractivity contribution in [2.75, 3.05) is 19.8 Å². The number of hydrogen-bond donors (Lipinski definition) is 2. The number of carbonyl (C=O) groups is 1. The van der Waals surface area contributed by atoms with Gasteiger partial charge in [-0.1, -0.05) is 6.08 Å². The Bertz CT molecular complexity index is 390. The molecule has 0 saturated carbocycles. The summed E-state index contributed by atoms with van der Waals surface area (Å²) in [7, 11) is 0. The maximum Gasteiger partial charge on any atom is 0.270 e. The molecule has 1 aromatic heterocycles. The summed E-state index contributed by atoms with van der Waals surface area (Å²) in [5.74, 6) is -0.189. The van der Waals surface area contributed by atoms with Gasteiger partial charge in [-0.2, -0.15) is 0 Å². The molecule has 0 aromatic carbocycles. The normalized spacial score (nSPS) is 12.1. The second kappa shape index (κ2) is 7.97. The summed E-state index contributed by atoms with van der Waals surface area (Å²) in [6.07, 6.45) is 2.61. The number of carbonyl (C=O) groups excluding carboxylic acids is 1. The third kappa shape index (κ3) is 4.95. The third-order valence-corrected chi connectivity index (χ3v) is 3.19. The number of ether oxygens (including phenoxy) is 1. The van der Waals surface area contributed by atoms with Gasteiger partial charge in [-0.05, 0) is 13.3 Å². The summed E-state index contributed by atoms with van der Waals surface area (Å²) in [6.45, 7) is 7.03. The van der Waals surface area contributed by atoms with E-state index in [2.05, 4.69) is 16.9 Å². The molecule has 0 fully saturated rings. The highest BCUT2D eigenvalue weighted by molar-refractivity contribution is 7.09. The molecule has 3 N–H and O–H groups in total. The molecule has 1 heterocycles. The first-order valence-electron chi connectivity index (χ1n) is 5.83. The molecule has 1 unspecified atom stereocenters. The van der Waals surface area contributed by atoms with Gasteiger partial charge in [0.05, 0.1) is 19.3 Å². The number of thiazole rings is 1. The number of amides is 1. The molecule has 1 aromatic rings. The number of rotatable bonds is 8. The van der Waals surface area contributed by atoms with Crippen LogP contribution in [0.5, 0.6) is 0 Å². The van der Waals surface area contributed by atoms with Crippen LogP contribution in [0.3, 0.4) is 0 Å². The Labute approximate surface area is 111 Å². The van der Waals surface area contributed by atoms with Crippen molar-refractivity contribution in [2.45, 2.75) is 19.4 Å². The molecule has 1 amide bonds. The first kappa shape index (κ1) is 14.8. The summed E-state index contributed by atoms with van der Waals surface area (Å²) < 4.78 is 5.28. The van der Waals surface area contributed by atoms with Crippen molar-refractivity contribution in [1.82, 2.24) is 10.3 Å². The van der Waals surface area contributed by atoms with E-state index in [0.717, 1.165) is 11.4 Å². The predicted molar refractivity (Wildman–Crippen MR) is 72.7 cm³/mol. The standard InChI is InChI=1S/C12H19N3O2S/c1-3-4-6-17-7-5-14-11(16)10-8-18-12(15-10)9(2)13/h3,8-9H,1,4-7,13H2,2H3,(H,14,16). The Hall–Kier alpha value is -1.24. The zero-order valence-electron chi connectivity index (χ0n) is 10.5. The third-order valence-electron chi connectivity index (χ3n) is 2.14. The minimum Gasteiger partial charge on any atom is -0.379 e. The fourth-order valence-corrected chi connectivity index (χ4v) is 1.95. The lowest BCUT2D eigenvalue weighted by molar-refractivity contribution is 0.0913. The van der Waals surface area contributed by atoms with Gasteiger partial charge in [0.15, 0.2) is 0 Å². The Morgan fingerprint density at radius 3 is 3.11 bits per heavy atom. The molecule has 0 saturated heterocycles. The SMILES string of the molecule is C=CCCOCCNC(=O)c1csc(C(C)N)n1. The summed E-state index contributed by atoms with van der Waals surface area (Å²) in [4.78, 5) is 15.9. The van der Waals surface area contributed by atoms with Crippen LogP contribution in [0.15, 0.2) is 18.0 Å². The molecule has 0 aliphatic rings. The zero-order chi connectivity index (χ0) is 13.4. The molecule has 1 rings (SSSR count). The molecule has 5 nitrogen and oxygen atoms in total. The van der Waals surface area contributed by atoms with Crippen LogP contribution in [0, 0.1) is 0 Å². The van der Waals surface area contributed by atoms with Crippen LogP contribution in [-0.4, -0.2) is 30.6 Å². The van der Waals surface area contributed by atoms with E-state index in [-0.39, 0.29) is 11.9 Å². The van der Waals surface area contributed by atoms with E-state index in [0.29, 0.717) is 25.5 Å². The fourth-order valence-electron chi connectivity index (χ4n) is 1.20. The van der Waals surface area contributed by atoms with Gasteiger partial charge < -0.3 is 15.8 Å². The first-order valence-corrected chi connectivity index (χ1v) is 6.71. The number of nitrogens with two attached hydrogens (primary N) is 1. The number of aromatic nitrogens is 1. The lowest BCUT2D eigenvalue weighted by atomic mass is 10.4. The average Bonchev–Trinajstić information content (AvgIpc) is 2.83. The van der Waals surface area contributed by atoms with E-state index in [1.54, 1.807) is 11.5 Å². The van der Waals surface area contributed by atoms with Crippen LogP contribution in [0.2, 0.25) is 0 Å². The van der Waals surface area contributed by atoms with Crippen molar-refractivity contribution >= 4 is 17.2 Å². The highest BCUT2D eigenvalue weighted by Crippen LogP contribution is 2.15. The largest absolute Gasteiger partial charge is 0.379 e. The van der Waals surface area contributed by atoms with Gasteiger partial charge in [-0.3, -0.25) is 4.79 Å². The molecule has 6 heteroatoms. The lowest BCUT2D eigenvalue weighted by Crippen LogP contribution is -2.27. The van der Waals surface area contributed by atoms with E-state index in [4.69, 9.17) is 10.5 Å². The molecular formula is C12H19N3O2S. The molecule has 0 aliphatic heterocycles. The van der Waals surface area contributed by atoms with Crippen LogP contribution in [0.1, 0.15) is 34.9 Å². The van der Waals surface area contributed by atoms with Crippen LogP contribution in [-0.2, 0) is 4.74 Å². The van der Waals surface area contributed by atoms with Crippen molar-refractivity contribution in [3.8, 4) is 0 Å². The number of nitrogens with zero attached hydrogens (tertiary/aromatic N) is 1. The molecule has 0 radical (unpaired) electrons. The monoisotopic (exact) mass is 269 g/mol. The van der Waals surface area contributed by atoms with Gasteiger partial charge in [-0.15, -0.1) is 17.9 Å². The van der Waals surface area contributed by atoms with Gasteiger partial charge in [-0.25, -0.2) is 4.98 Å². The minimum absolute atomic E-state index is 0.140. The van der Waals surface area contributed by atoms with Crippen molar-refractivity contribution in [2.24, 2.45) is 5.73 Å². The molecular weight excluding hydrogens is 250 g/mol. The maximum absolute atomic E-state index is 11.7. The Morgan fingerprint density at radius 2 is 2.50 bits per heavy atom. The van der Waals surface area contributed by atoms with Crippen LogP contribution in [0.4, 0.5) is 0 Å². The Balaban J connectivity index is 2.25. The van der Waals surface area contributed by atoms with E-state index >= 15 is 0 Å². The zero-order valence-corrected chi connectivity index (χ0v) is 11.3. The fraction of sp³-hybridized carbons (Fsp3) is 0.500. The molecule has 100 valence electrons. The van der Waals surface area contributed by atoms with Crippen molar-refractivity contribution in [3.05, 3.63) is 28.7 Å². The maximum atomic E-state index is 11.7. The van der Waals surface area contributed by atoms with Crippen molar-refractivity contribution < 1.29 is 9.53 Å². The molecule has 0 aliphatic carbocycles. The highest BCUT2D eigenvalue weighted by atomic mass is 32.1. The number of nitrogens with one attached hydrogen (secondary N) is 1. The van der Waals surface area contributed by atoms with Gasteiger partial charge in [0.1, 0.15) is 10.7 Å². The van der Waals surface area contributed by atoms with E-state index in [9.17, 15) is 4.79 Å². The molecule has 0 spiro atoms. The Morgan fingerprint density at radius 1 is 1.72 bits per heavy atom. The smallest absolute Gasteiger partial charge is 0.270 e. The van der Waals surface area contributed by atoms with Gasteiger partial charge >= 0.3 is 0 Å². The summed E-state index contributed by atoms with van der Waals surface area (Å²) in [6, 6.07) is -0.140. The average molecular weight is 269 g/mol. The molecule has 1 atom stereocenters. The molecule has 0 bridgehead atoms. The highest BCUT2D eigenvalue weighted by Gasteiger charge is 2.11. The lowest BCUT2D eigenvalue weighted by Gasteiger charge is -2.04. The molecule has 18 heavy (non-hydrogen) atoms. The second-order valence-electron chi connectivity index (χ2n) is 3.81. The van der Waals surface area contributed by atoms with Crippen LogP contribution < -0.4 is 11.1 Å². The van der Waals surface area contributed by atoms with Crippen molar-refractivity contribution in [3.63, 3.8) is 0 Å². The predicted octanol–water partition coefficient (Wildman–Crippen LogP) is 1.49. The van der Waals surface area contributed by atoms with Gasteiger partial charge in [0, 0.05) is 11.9 Å². The van der Waals surface area contributed by atoms with E-state index < -0.39 is 0 Å². The van der Waals surface area contributed by atoms with E-state index in [1.807, 2.05) is 6.92 Å². The minimum atomic E-state index is -0.189. The van der Waals surface area contributed by atoms with E-state index in [1.165, 1.54) is 11.3 Å². The van der Waals surface area contributed by atoms with Gasteiger partial charge in [0.2, 0.25) is 0 Å². The van der Waals surface area contributed by atoms with Crippen LogP contribution >= 0.6 is 11.3 Å². The Kier molecular flexibility index (Phi) is 6.56. The quantitative estimate of drug-likeness (QED) is 0.553. The van der Waals surface area contributed by atoms with Crippen molar-refractivity contribution in [1.29, 1.82) is 0 Å². The van der Waals surface area contributed by atoms with Gasteiger partial charge in [0.25, 0.3) is 5.91 Å². The van der Waals surface area contributed by atoms with Crippen LogP contribution in [0.25, 0.3) is 0 Å². The topological polar surface area (TPSA) is 77.2 Å². The summed E-state index contributed by atoms with van der Waals surface area (Å²) >= 11 is 1.40. The summed E-state index contributed by atoms with van der Waals surface area (Å²) in [5, 5.41) is 5.22. The number of hydrogen-bond acceptors (Lipinski definition) is 5. The first-order chi connectivity index (χ1) is 8.65. The summed E-state index contributed by atoms with van der Waals surface area (Å²) in [5.41, 5.74) is 6.10. The second-order valence-corrected chi connectivity index (χ2v) is 4.69.